The zero-order valence-corrected chi connectivity index (χ0v) is 12.4. The van der Waals surface area contributed by atoms with Gasteiger partial charge >= 0.3 is 0 Å². The van der Waals surface area contributed by atoms with Gasteiger partial charge in [0, 0.05) is 5.39 Å². The number of rotatable bonds is 0. The van der Waals surface area contributed by atoms with Crippen molar-refractivity contribution in [2.24, 2.45) is 0 Å². The lowest BCUT2D eigenvalue weighted by Gasteiger charge is -2.15. The number of aryl methyl sites for hydroxylation is 2. The maximum Gasteiger partial charge on any atom is 0.165 e. The monoisotopic (exact) mass is 290 g/mol. The molecule has 0 unspecified atom stereocenters. The maximum atomic E-state index is 13.9. The van der Waals surface area contributed by atoms with Crippen LogP contribution in [0.5, 0.6) is 5.75 Å². The van der Waals surface area contributed by atoms with Gasteiger partial charge in [-0.05, 0) is 58.0 Å². The van der Waals surface area contributed by atoms with Crippen LogP contribution in [0.1, 0.15) is 11.1 Å². The van der Waals surface area contributed by atoms with Crippen LogP contribution in [0.2, 0.25) is 0 Å². The first-order valence-corrected chi connectivity index (χ1v) is 7.31. The van der Waals surface area contributed by atoms with Crippen molar-refractivity contribution in [2.75, 3.05) is 0 Å². The molecule has 0 amide bonds. The Bertz CT molecular complexity index is 1060. The lowest BCUT2D eigenvalue weighted by Crippen LogP contribution is -1.90. The predicted octanol–water partition coefficient (Wildman–Crippen LogP) is 5.61. The van der Waals surface area contributed by atoms with Crippen LogP contribution >= 0.6 is 0 Å². The summed E-state index contributed by atoms with van der Waals surface area (Å²) in [4.78, 5) is 0. The van der Waals surface area contributed by atoms with Crippen LogP contribution in [0.3, 0.4) is 0 Å². The largest absolute Gasteiger partial charge is 0.504 e. The highest BCUT2D eigenvalue weighted by molar-refractivity contribution is 6.18. The van der Waals surface area contributed by atoms with Crippen molar-refractivity contribution in [3.8, 4) is 5.75 Å². The van der Waals surface area contributed by atoms with Gasteiger partial charge in [0.25, 0.3) is 0 Å². The first-order valence-electron chi connectivity index (χ1n) is 7.31. The number of phenols is 1. The van der Waals surface area contributed by atoms with Crippen LogP contribution in [0.4, 0.5) is 4.39 Å². The van der Waals surface area contributed by atoms with Crippen molar-refractivity contribution in [3.05, 3.63) is 65.5 Å². The summed E-state index contributed by atoms with van der Waals surface area (Å²) < 4.78 is 13.9. The van der Waals surface area contributed by atoms with E-state index >= 15 is 0 Å². The Morgan fingerprint density at radius 1 is 0.727 bits per heavy atom. The Morgan fingerprint density at radius 3 is 2.09 bits per heavy atom. The highest BCUT2D eigenvalue weighted by Gasteiger charge is 2.15. The summed E-state index contributed by atoms with van der Waals surface area (Å²) in [5.74, 6) is -0.842. The fraction of sp³-hybridized carbons (Fsp3) is 0.100. The summed E-state index contributed by atoms with van der Waals surface area (Å²) >= 11 is 0. The van der Waals surface area contributed by atoms with Gasteiger partial charge in [0.1, 0.15) is 0 Å². The second kappa shape index (κ2) is 4.44. The molecule has 4 aromatic rings. The molecular formula is C20H15FO. The van der Waals surface area contributed by atoms with Crippen LogP contribution in [0, 0.1) is 19.7 Å². The average molecular weight is 290 g/mol. The molecule has 0 aliphatic rings. The Hall–Kier alpha value is -2.61. The van der Waals surface area contributed by atoms with Gasteiger partial charge in [0.15, 0.2) is 11.6 Å². The highest BCUT2D eigenvalue weighted by Crippen LogP contribution is 2.40. The van der Waals surface area contributed by atoms with Crippen molar-refractivity contribution >= 4 is 32.3 Å². The normalized spacial score (nSPS) is 11.6. The van der Waals surface area contributed by atoms with Crippen LogP contribution in [-0.4, -0.2) is 5.11 Å². The molecule has 4 rings (SSSR count). The topological polar surface area (TPSA) is 20.2 Å². The molecule has 22 heavy (non-hydrogen) atoms. The van der Waals surface area contributed by atoms with Gasteiger partial charge in [-0.25, -0.2) is 4.39 Å². The molecule has 1 nitrogen and oxygen atoms in total. The second-order valence-corrected chi connectivity index (χ2v) is 5.78. The van der Waals surface area contributed by atoms with E-state index in [1.165, 1.54) is 11.5 Å². The van der Waals surface area contributed by atoms with Crippen molar-refractivity contribution in [1.82, 2.24) is 0 Å². The molecule has 0 radical (unpaired) electrons. The van der Waals surface area contributed by atoms with E-state index in [0.29, 0.717) is 5.39 Å². The Kier molecular flexibility index (Phi) is 2.64. The minimum absolute atomic E-state index is 0.263. The summed E-state index contributed by atoms with van der Waals surface area (Å²) in [5.41, 5.74) is 2.23. The maximum absolute atomic E-state index is 13.9. The van der Waals surface area contributed by atoms with E-state index in [1.807, 2.05) is 25.1 Å². The van der Waals surface area contributed by atoms with Crippen molar-refractivity contribution in [1.29, 1.82) is 0 Å². The summed E-state index contributed by atoms with van der Waals surface area (Å²) in [6, 6.07) is 15.2. The third-order valence-electron chi connectivity index (χ3n) is 4.62. The van der Waals surface area contributed by atoms with Gasteiger partial charge < -0.3 is 5.11 Å². The highest BCUT2D eigenvalue weighted by atomic mass is 19.1. The average Bonchev–Trinajstić information content (AvgIpc) is 2.55. The number of benzene rings is 4. The molecule has 1 N–H and O–H groups in total. The SMILES string of the molecule is Cc1c2ccccc2c(C)c2c1ccc1ccc(F)c(O)c12. The molecule has 0 aliphatic heterocycles. The Labute approximate surface area is 127 Å². The number of fused-ring (bicyclic) bond motifs is 4. The molecule has 0 fully saturated rings. The smallest absolute Gasteiger partial charge is 0.165 e. The molecule has 0 spiro atoms. The zero-order chi connectivity index (χ0) is 15.4. The quantitative estimate of drug-likeness (QED) is 0.330. The molecule has 0 saturated carbocycles. The van der Waals surface area contributed by atoms with Crippen LogP contribution in [0.15, 0.2) is 48.5 Å². The number of hydrogen-bond acceptors (Lipinski definition) is 1. The van der Waals surface area contributed by atoms with Crippen molar-refractivity contribution in [2.45, 2.75) is 13.8 Å². The molecule has 4 aromatic carbocycles. The first-order chi connectivity index (χ1) is 10.6. The fourth-order valence-electron chi connectivity index (χ4n) is 3.49. The molecular weight excluding hydrogens is 275 g/mol. The third kappa shape index (κ3) is 1.58. The summed E-state index contributed by atoms with van der Waals surface area (Å²) in [6.45, 7) is 4.11. The lowest BCUT2D eigenvalue weighted by atomic mass is 9.90. The summed E-state index contributed by atoms with van der Waals surface area (Å²) in [7, 11) is 0. The van der Waals surface area contributed by atoms with Crippen LogP contribution < -0.4 is 0 Å². The number of aromatic hydroxyl groups is 1. The van der Waals surface area contributed by atoms with Gasteiger partial charge in [-0.1, -0.05) is 42.5 Å². The molecule has 0 bridgehead atoms. The van der Waals surface area contributed by atoms with E-state index in [1.54, 1.807) is 6.07 Å². The number of phenolic OH excluding ortho intramolecular Hbond substituents is 1. The van der Waals surface area contributed by atoms with E-state index in [2.05, 4.69) is 25.1 Å². The van der Waals surface area contributed by atoms with E-state index in [9.17, 15) is 9.50 Å². The second-order valence-electron chi connectivity index (χ2n) is 5.78. The molecule has 0 aliphatic carbocycles. The number of halogens is 1. The predicted molar refractivity (Wildman–Crippen MR) is 90.1 cm³/mol. The Morgan fingerprint density at radius 2 is 1.36 bits per heavy atom. The minimum atomic E-state index is -0.579. The molecule has 0 heterocycles. The van der Waals surface area contributed by atoms with Crippen LogP contribution in [0.25, 0.3) is 32.3 Å². The van der Waals surface area contributed by atoms with Crippen molar-refractivity contribution in [3.63, 3.8) is 0 Å². The molecule has 2 heteroatoms. The van der Waals surface area contributed by atoms with Gasteiger partial charge in [-0.15, -0.1) is 0 Å². The minimum Gasteiger partial charge on any atom is -0.504 e. The molecule has 0 aromatic heterocycles. The Balaban J connectivity index is 2.40. The number of hydrogen-bond donors (Lipinski definition) is 1. The van der Waals surface area contributed by atoms with Crippen molar-refractivity contribution < 1.29 is 9.50 Å². The van der Waals surface area contributed by atoms with E-state index < -0.39 is 5.82 Å². The van der Waals surface area contributed by atoms with Gasteiger partial charge in [0.2, 0.25) is 0 Å². The zero-order valence-electron chi connectivity index (χ0n) is 12.4. The fourth-order valence-corrected chi connectivity index (χ4v) is 3.49. The van der Waals surface area contributed by atoms with E-state index in [-0.39, 0.29) is 5.75 Å². The standard InChI is InChI=1S/C20H15FO/c1-11-14-5-3-4-6-15(14)12(2)18-16(11)9-7-13-8-10-17(21)20(22)19(13)18/h3-10,22H,1-2H3. The molecule has 0 atom stereocenters. The molecule has 108 valence electrons. The lowest BCUT2D eigenvalue weighted by molar-refractivity contribution is 0.439. The van der Waals surface area contributed by atoms with E-state index in [4.69, 9.17) is 0 Å². The van der Waals surface area contributed by atoms with Gasteiger partial charge in [0.05, 0.1) is 0 Å². The van der Waals surface area contributed by atoms with Gasteiger partial charge in [-0.2, -0.15) is 0 Å². The van der Waals surface area contributed by atoms with E-state index in [0.717, 1.165) is 32.7 Å². The van der Waals surface area contributed by atoms with Gasteiger partial charge in [-0.3, -0.25) is 0 Å². The third-order valence-corrected chi connectivity index (χ3v) is 4.62. The molecule has 0 saturated heterocycles. The van der Waals surface area contributed by atoms with Crippen LogP contribution in [-0.2, 0) is 0 Å². The summed E-state index contributed by atoms with van der Waals surface area (Å²) in [6.07, 6.45) is 0. The summed E-state index contributed by atoms with van der Waals surface area (Å²) in [5, 5.41) is 16.1. The first kappa shape index (κ1) is 13.1.